The number of carbonyl (C=O) groups excluding carboxylic acids is 3. The van der Waals surface area contributed by atoms with E-state index in [1.54, 1.807) is 12.1 Å². The summed E-state index contributed by atoms with van der Waals surface area (Å²) >= 11 is 0. The third kappa shape index (κ3) is 7.32. The molecule has 2 rings (SSSR count). The summed E-state index contributed by atoms with van der Waals surface area (Å²) in [4.78, 5) is 35.4. The lowest BCUT2D eigenvalue weighted by atomic mass is 10.1. The number of hydrogen-bond donors (Lipinski definition) is 2. The minimum atomic E-state index is -0.499. The molecule has 2 amide bonds. The summed E-state index contributed by atoms with van der Waals surface area (Å²) < 4.78 is 4.97. The lowest BCUT2D eigenvalue weighted by molar-refractivity contribution is -0.147. The lowest BCUT2D eigenvalue weighted by Crippen LogP contribution is -2.21. The van der Waals surface area contributed by atoms with Gasteiger partial charge < -0.3 is 15.4 Å². The quantitative estimate of drug-likeness (QED) is 0.663. The molecule has 0 spiro atoms. The first kappa shape index (κ1) is 20.2. The molecule has 0 unspecified atom stereocenters. The first-order valence-electron chi connectivity index (χ1n) is 8.96. The molecule has 6 nitrogen and oxygen atoms in total. The smallest absolute Gasteiger partial charge is 0.306 e. The maximum absolute atomic E-state index is 11.9. The molecule has 0 saturated heterocycles. The Kier molecular flexibility index (Phi) is 8.03. The number of para-hydroxylation sites is 2. The first-order valence-corrected chi connectivity index (χ1v) is 8.96. The van der Waals surface area contributed by atoms with Gasteiger partial charge in [0.2, 0.25) is 5.91 Å². The average Bonchev–Trinajstić information content (AvgIpc) is 2.67. The van der Waals surface area contributed by atoms with Crippen molar-refractivity contribution >= 4 is 29.2 Å². The van der Waals surface area contributed by atoms with E-state index in [1.165, 1.54) is 0 Å². The van der Waals surface area contributed by atoms with Gasteiger partial charge in [-0.2, -0.15) is 0 Å². The summed E-state index contributed by atoms with van der Waals surface area (Å²) in [5.74, 6) is -1.05. The predicted molar refractivity (Wildman–Crippen MR) is 104 cm³/mol. The molecule has 27 heavy (non-hydrogen) atoms. The summed E-state index contributed by atoms with van der Waals surface area (Å²) in [7, 11) is 0. The van der Waals surface area contributed by atoms with Crippen LogP contribution in [0.2, 0.25) is 0 Å². The normalized spacial score (nSPS) is 10.1. The number of amides is 2. The van der Waals surface area contributed by atoms with Crippen LogP contribution in [0.5, 0.6) is 0 Å². The molecular weight excluding hydrogens is 344 g/mol. The summed E-state index contributed by atoms with van der Waals surface area (Å²) in [6.45, 7) is 1.66. The number of rotatable bonds is 9. The second-order valence-corrected chi connectivity index (χ2v) is 5.99. The molecule has 2 N–H and O–H groups in total. The van der Waals surface area contributed by atoms with E-state index < -0.39 is 5.97 Å². The molecule has 6 heteroatoms. The van der Waals surface area contributed by atoms with E-state index in [0.717, 1.165) is 17.7 Å². The fourth-order valence-electron chi connectivity index (χ4n) is 2.49. The van der Waals surface area contributed by atoms with Crippen molar-refractivity contribution in [3.05, 3.63) is 60.2 Å². The monoisotopic (exact) mass is 368 g/mol. The predicted octanol–water partition coefficient (Wildman–Crippen LogP) is 3.54. The van der Waals surface area contributed by atoms with Gasteiger partial charge in [0.25, 0.3) is 5.91 Å². The molecule has 0 aromatic heterocycles. The van der Waals surface area contributed by atoms with Gasteiger partial charge in [0.05, 0.1) is 0 Å². The summed E-state index contributed by atoms with van der Waals surface area (Å²) in [6.07, 6.45) is 1.44. The van der Waals surface area contributed by atoms with Crippen molar-refractivity contribution in [1.82, 2.24) is 0 Å². The first-order chi connectivity index (χ1) is 13.1. The number of esters is 1. The fraction of sp³-hybridized carbons (Fsp3) is 0.286. The number of aryl methyl sites for hydroxylation is 1. The van der Waals surface area contributed by atoms with E-state index in [2.05, 4.69) is 10.6 Å². The van der Waals surface area contributed by atoms with Crippen molar-refractivity contribution in [3.8, 4) is 0 Å². The van der Waals surface area contributed by atoms with Crippen LogP contribution in [0.1, 0.15) is 31.7 Å². The van der Waals surface area contributed by atoms with Crippen molar-refractivity contribution in [1.29, 1.82) is 0 Å². The van der Waals surface area contributed by atoms with Crippen molar-refractivity contribution in [2.45, 2.75) is 32.6 Å². The van der Waals surface area contributed by atoms with Crippen LogP contribution < -0.4 is 10.6 Å². The third-order valence-electron chi connectivity index (χ3n) is 3.88. The lowest BCUT2D eigenvalue weighted by Gasteiger charge is -2.10. The van der Waals surface area contributed by atoms with E-state index >= 15 is 0 Å². The molecule has 0 radical (unpaired) electrons. The van der Waals surface area contributed by atoms with E-state index in [4.69, 9.17) is 4.74 Å². The van der Waals surface area contributed by atoms with Crippen LogP contribution in [0.25, 0.3) is 0 Å². The van der Waals surface area contributed by atoms with Crippen molar-refractivity contribution in [2.75, 3.05) is 17.2 Å². The van der Waals surface area contributed by atoms with Crippen LogP contribution in [0.3, 0.4) is 0 Å². The number of anilines is 2. The molecule has 0 fully saturated rings. The number of ether oxygens (including phenoxy) is 1. The maximum Gasteiger partial charge on any atom is 0.306 e. The Morgan fingerprint density at radius 3 is 2.30 bits per heavy atom. The van der Waals surface area contributed by atoms with Crippen LogP contribution in [-0.2, 0) is 25.5 Å². The molecule has 142 valence electrons. The second-order valence-electron chi connectivity index (χ2n) is 5.99. The standard InChI is InChI=1S/C21H24N2O4/c1-2-16-9-6-7-12-18(16)23-20(25)15-27-21(26)14-8-13-19(24)22-17-10-4-3-5-11-17/h3-7,9-12H,2,8,13-15H2,1H3,(H,22,24)(H,23,25). The molecule has 0 aliphatic carbocycles. The topological polar surface area (TPSA) is 84.5 Å². The number of nitrogens with one attached hydrogen (secondary N) is 2. The van der Waals surface area contributed by atoms with E-state index in [1.807, 2.05) is 49.4 Å². The Hall–Kier alpha value is -3.15. The molecule has 0 heterocycles. The molecular formula is C21H24N2O4. The van der Waals surface area contributed by atoms with Gasteiger partial charge in [0.15, 0.2) is 6.61 Å². The Morgan fingerprint density at radius 1 is 0.852 bits per heavy atom. The van der Waals surface area contributed by atoms with Crippen molar-refractivity contribution in [3.63, 3.8) is 0 Å². The molecule has 0 saturated carbocycles. The second kappa shape index (κ2) is 10.8. The molecule has 0 aliphatic heterocycles. The highest BCUT2D eigenvalue weighted by Crippen LogP contribution is 2.15. The van der Waals surface area contributed by atoms with Gasteiger partial charge in [-0.3, -0.25) is 14.4 Å². The van der Waals surface area contributed by atoms with Crippen molar-refractivity contribution in [2.24, 2.45) is 0 Å². The van der Waals surface area contributed by atoms with Gasteiger partial charge in [0.1, 0.15) is 0 Å². The Labute approximate surface area is 158 Å². The van der Waals surface area contributed by atoms with Gasteiger partial charge in [-0.1, -0.05) is 43.3 Å². The van der Waals surface area contributed by atoms with Crippen LogP contribution in [-0.4, -0.2) is 24.4 Å². The molecule has 0 bridgehead atoms. The molecule has 2 aromatic carbocycles. The minimum Gasteiger partial charge on any atom is -0.456 e. The number of hydrogen-bond acceptors (Lipinski definition) is 4. The SMILES string of the molecule is CCc1ccccc1NC(=O)COC(=O)CCCC(=O)Nc1ccccc1. The summed E-state index contributed by atoms with van der Waals surface area (Å²) in [6, 6.07) is 16.6. The zero-order valence-corrected chi connectivity index (χ0v) is 15.4. The number of carbonyl (C=O) groups is 3. The van der Waals surface area contributed by atoms with Crippen LogP contribution in [0, 0.1) is 0 Å². The van der Waals surface area contributed by atoms with Crippen LogP contribution in [0.4, 0.5) is 11.4 Å². The Morgan fingerprint density at radius 2 is 1.56 bits per heavy atom. The van der Waals surface area contributed by atoms with Crippen LogP contribution >= 0.6 is 0 Å². The molecule has 0 atom stereocenters. The highest BCUT2D eigenvalue weighted by atomic mass is 16.5. The summed E-state index contributed by atoms with van der Waals surface area (Å²) in [5.41, 5.74) is 2.45. The van der Waals surface area contributed by atoms with Gasteiger partial charge in [-0.05, 0) is 36.6 Å². The molecule has 0 aliphatic rings. The Balaban J connectivity index is 1.64. The highest BCUT2D eigenvalue weighted by Gasteiger charge is 2.10. The van der Waals surface area contributed by atoms with E-state index in [9.17, 15) is 14.4 Å². The third-order valence-corrected chi connectivity index (χ3v) is 3.88. The van der Waals surface area contributed by atoms with Gasteiger partial charge in [-0.15, -0.1) is 0 Å². The zero-order chi connectivity index (χ0) is 19.5. The minimum absolute atomic E-state index is 0.0844. The van der Waals surface area contributed by atoms with E-state index in [0.29, 0.717) is 12.1 Å². The average molecular weight is 368 g/mol. The van der Waals surface area contributed by atoms with E-state index in [-0.39, 0.29) is 31.3 Å². The van der Waals surface area contributed by atoms with Crippen LogP contribution in [0.15, 0.2) is 54.6 Å². The number of benzene rings is 2. The maximum atomic E-state index is 11.9. The zero-order valence-electron chi connectivity index (χ0n) is 15.4. The largest absolute Gasteiger partial charge is 0.456 e. The Bertz CT molecular complexity index is 775. The molecule has 2 aromatic rings. The van der Waals surface area contributed by atoms with Crippen molar-refractivity contribution < 1.29 is 19.1 Å². The highest BCUT2D eigenvalue weighted by molar-refractivity contribution is 5.93. The van der Waals surface area contributed by atoms with Gasteiger partial charge in [0, 0.05) is 24.2 Å². The summed E-state index contributed by atoms with van der Waals surface area (Å²) in [5, 5.41) is 5.49. The van der Waals surface area contributed by atoms with Gasteiger partial charge in [-0.25, -0.2) is 0 Å². The fourth-order valence-corrected chi connectivity index (χ4v) is 2.49. The van der Waals surface area contributed by atoms with Gasteiger partial charge >= 0.3 is 5.97 Å².